The Bertz CT molecular complexity index is 1020. The van der Waals surface area contributed by atoms with E-state index < -0.39 is 54.5 Å². The quantitative estimate of drug-likeness (QED) is 0.218. The number of aromatic amines is 1. The third-order valence-electron chi connectivity index (χ3n) is 5.74. The van der Waals surface area contributed by atoms with Gasteiger partial charge in [-0.25, -0.2) is 4.79 Å². The highest BCUT2D eigenvalue weighted by Gasteiger charge is 2.31. The van der Waals surface area contributed by atoms with Gasteiger partial charge in [-0.2, -0.15) is 0 Å². The van der Waals surface area contributed by atoms with E-state index in [4.69, 9.17) is 5.73 Å². The fraction of sp³-hybridized carbons (Fsp3) is 0.478. The van der Waals surface area contributed by atoms with Crippen LogP contribution in [0.15, 0.2) is 30.5 Å². The van der Waals surface area contributed by atoms with Crippen molar-refractivity contribution in [3.8, 4) is 0 Å². The van der Waals surface area contributed by atoms with E-state index in [1.54, 1.807) is 20.0 Å². The second-order valence-electron chi connectivity index (χ2n) is 8.37. The lowest BCUT2D eigenvalue weighted by Crippen LogP contribution is -2.59. The molecule has 0 fully saturated rings. The minimum absolute atomic E-state index is 0.0959. The summed E-state index contributed by atoms with van der Waals surface area (Å²) < 4.78 is 0. The number of benzene rings is 1. The third kappa shape index (κ3) is 6.78. The van der Waals surface area contributed by atoms with E-state index in [1.807, 2.05) is 24.3 Å². The van der Waals surface area contributed by atoms with Gasteiger partial charge in [0.25, 0.3) is 0 Å². The molecule has 2 aromatic rings. The molecule has 0 bridgehead atoms. The number of hydrogen-bond acceptors (Lipinski definition) is 6. The summed E-state index contributed by atoms with van der Waals surface area (Å²) in [7, 11) is 0. The van der Waals surface area contributed by atoms with Gasteiger partial charge < -0.3 is 36.9 Å². The van der Waals surface area contributed by atoms with Gasteiger partial charge in [-0.15, -0.1) is 0 Å². The monoisotopic (exact) mass is 475 g/mol. The molecule has 0 saturated heterocycles. The molecule has 0 aliphatic carbocycles. The Balaban J connectivity index is 2.21. The van der Waals surface area contributed by atoms with E-state index in [-0.39, 0.29) is 12.3 Å². The van der Waals surface area contributed by atoms with Crippen molar-refractivity contribution in [1.82, 2.24) is 20.9 Å². The number of H-pyrrole nitrogens is 1. The van der Waals surface area contributed by atoms with Crippen LogP contribution in [0.5, 0.6) is 0 Å². The minimum Gasteiger partial charge on any atom is -0.480 e. The smallest absolute Gasteiger partial charge is 0.326 e. The molecule has 0 saturated carbocycles. The van der Waals surface area contributed by atoms with Gasteiger partial charge in [-0.05, 0) is 24.5 Å². The summed E-state index contributed by atoms with van der Waals surface area (Å²) in [4.78, 5) is 52.6. The molecule has 186 valence electrons. The Labute approximate surface area is 197 Å². The lowest BCUT2D eigenvalue weighted by Gasteiger charge is -2.25. The van der Waals surface area contributed by atoms with Crippen molar-refractivity contribution < 1.29 is 29.4 Å². The van der Waals surface area contributed by atoms with Gasteiger partial charge in [-0.3, -0.25) is 14.4 Å². The first kappa shape index (κ1) is 26.8. The number of nitrogens with two attached hydrogens (primary N) is 1. The average Bonchev–Trinajstić information content (AvgIpc) is 3.22. The highest BCUT2D eigenvalue weighted by Crippen LogP contribution is 2.19. The van der Waals surface area contributed by atoms with Crippen molar-refractivity contribution in [1.29, 1.82) is 0 Å². The number of carbonyl (C=O) groups is 4. The summed E-state index contributed by atoms with van der Waals surface area (Å²) >= 11 is 0. The highest BCUT2D eigenvalue weighted by molar-refractivity contribution is 5.94. The van der Waals surface area contributed by atoms with E-state index in [2.05, 4.69) is 20.9 Å². The number of amides is 3. The Hall–Kier alpha value is -3.44. The Morgan fingerprint density at radius 1 is 1.00 bits per heavy atom. The predicted octanol–water partition coefficient (Wildman–Crippen LogP) is -0.365. The van der Waals surface area contributed by atoms with Crippen molar-refractivity contribution in [2.75, 3.05) is 6.61 Å². The molecule has 0 spiro atoms. The molecule has 8 N–H and O–H groups in total. The van der Waals surface area contributed by atoms with Crippen LogP contribution in [-0.4, -0.2) is 69.7 Å². The van der Waals surface area contributed by atoms with Crippen molar-refractivity contribution in [2.24, 2.45) is 11.7 Å². The van der Waals surface area contributed by atoms with Gasteiger partial charge in [0, 0.05) is 23.5 Å². The van der Waals surface area contributed by atoms with Gasteiger partial charge in [-0.1, -0.05) is 38.5 Å². The summed E-state index contributed by atoms with van der Waals surface area (Å²) in [5, 5.41) is 27.3. The molecule has 3 amide bonds. The van der Waals surface area contributed by atoms with E-state index in [0.717, 1.165) is 16.5 Å². The zero-order valence-electron chi connectivity index (χ0n) is 19.5. The fourth-order valence-electron chi connectivity index (χ4n) is 3.44. The van der Waals surface area contributed by atoms with Gasteiger partial charge in [0.15, 0.2) is 0 Å². The highest BCUT2D eigenvalue weighted by atomic mass is 16.4. The molecule has 1 aromatic heterocycles. The first-order valence-corrected chi connectivity index (χ1v) is 11.1. The molecule has 0 aliphatic rings. The zero-order chi connectivity index (χ0) is 25.4. The number of carboxylic acids is 1. The van der Waals surface area contributed by atoms with Crippen molar-refractivity contribution in [2.45, 2.75) is 57.8 Å². The Kier molecular flexibility index (Phi) is 9.58. The van der Waals surface area contributed by atoms with E-state index in [9.17, 15) is 29.4 Å². The van der Waals surface area contributed by atoms with Gasteiger partial charge in [0.2, 0.25) is 17.7 Å². The summed E-state index contributed by atoms with van der Waals surface area (Å²) in [6.45, 7) is 4.17. The first-order valence-electron chi connectivity index (χ1n) is 11.1. The second kappa shape index (κ2) is 12.1. The van der Waals surface area contributed by atoms with Crippen LogP contribution in [0.4, 0.5) is 0 Å². The van der Waals surface area contributed by atoms with Crippen LogP contribution in [0.25, 0.3) is 10.9 Å². The number of rotatable bonds is 12. The Morgan fingerprint density at radius 3 is 2.21 bits per heavy atom. The first-order chi connectivity index (χ1) is 16.1. The largest absolute Gasteiger partial charge is 0.480 e. The molecular weight excluding hydrogens is 442 g/mol. The normalized spacial score (nSPS) is 15.6. The molecule has 1 aromatic carbocycles. The number of aliphatic carboxylic acids is 1. The van der Waals surface area contributed by atoms with Crippen molar-refractivity contribution in [3.63, 3.8) is 0 Å². The number of carboxylic acid groups (broad SMARTS) is 1. The van der Waals surface area contributed by atoms with Crippen molar-refractivity contribution >= 4 is 34.6 Å². The third-order valence-corrected chi connectivity index (χ3v) is 5.74. The molecule has 34 heavy (non-hydrogen) atoms. The summed E-state index contributed by atoms with van der Waals surface area (Å²) in [6.07, 6.45) is 2.32. The molecule has 0 aliphatic heterocycles. The summed E-state index contributed by atoms with van der Waals surface area (Å²) in [6, 6.07) is 2.90. The Morgan fingerprint density at radius 2 is 1.62 bits per heavy atom. The molecule has 11 heteroatoms. The number of aromatic nitrogens is 1. The number of hydrogen-bond donors (Lipinski definition) is 7. The predicted molar refractivity (Wildman–Crippen MR) is 126 cm³/mol. The van der Waals surface area contributed by atoms with Crippen LogP contribution >= 0.6 is 0 Å². The number of para-hydroxylation sites is 1. The van der Waals surface area contributed by atoms with Crippen LogP contribution in [-0.2, 0) is 25.6 Å². The molecular formula is C23H33N5O6. The van der Waals surface area contributed by atoms with Gasteiger partial charge in [0.05, 0.1) is 12.6 Å². The SMILES string of the molecule is CCC(C)C(NC(=O)C(CO)NC(=O)C(Cc1c[nH]c2ccccc12)NC(=O)C(C)N)C(=O)O. The molecule has 5 unspecified atom stereocenters. The topological polar surface area (TPSA) is 187 Å². The summed E-state index contributed by atoms with van der Waals surface area (Å²) in [5.41, 5.74) is 7.25. The van der Waals surface area contributed by atoms with Gasteiger partial charge >= 0.3 is 5.97 Å². The number of carbonyl (C=O) groups excluding carboxylic acids is 3. The lowest BCUT2D eigenvalue weighted by atomic mass is 9.99. The van der Waals surface area contributed by atoms with Gasteiger partial charge in [0.1, 0.15) is 18.1 Å². The van der Waals surface area contributed by atoms with E-state index >= 15 is 0 Å². The number of aliphatic hydroxyl groups is 1. The molecule has 1 heterocycles. The van der Waals surface area contributed by atoms with Crippen LogP contribution in [0.1, 0.15) is 32.8 Å². The standard InChI is InChI=1S/C23H33N5O6/c1-4-12(2)19(23(33)34)28-22(32)18(11-29)27-21(31)17(26-20(30)13(3)24)9-14-10-25-16-8-6-5-7-15(14)16/h5-8,10,12-13,17-19,25,29H,4,9,11,24H2,1-3H3,(H,26,30)(H,27,31)(H,28,32)(H,33,34). The maximum absolute atomic E-state index is 13.1. The van der Waals surface area contributed by atoms with Crippen LogP contribution in [0, 0.1) is 5.92 Å². The van der Waals surface area contributed by atoms with Crippen LogP contribution < -0.4 is 21.7 Å². The maximum Gasteiger partial charge on any atom is 0.326 e. The van der Waals surface area contributed by atoms with Crippen LogP contribution in [0.3, 0.4) is 0 Å². The second-order valence-corrected chi connectivity index (χ2v) is 8.37. The molecule has 11 nitrogen and oxygen atoms in total. The zero-order valence-corrected chi connectivity index (χ0v) is 19.5. The molecule has 5 atom stereocenters. The van der Waals surface area contributed by atoms with Crippen LogP contribution in [0.2, 0.25) is 0 Å². The maximum atomic E-state index is 13.1. The number of aliphatic hydroxyl groups excluding tert-OH is 1. The van der Waals surface area contributed by atoms with E-state index in [1.165, 1.54) is 6.92 Å². The number of fused-ring (bicyclic) bond motifs is 1. The lowest BCUT2D eigenvalue weighted by molar-refractivity contribution is -0.144. The average molecular weight is 476 g/mol. The number of nitrogens with one attached hydrogen (secondary N) is 4. The molecule has 2 rings (SSSR count). The summed E-state index contributed by atoms with van der Waals surface area (Å²) in [5.74, 6) is -3.70. The van der Waals surface area contributed by atoms with Crippen molar-refractivity contribution in [3.05, 3.63) is 36.0 Å². The molecule has 0 radical (unpaired) electrons. The van der Waals surface area contributed by atoms with E-state index in [0.29, 0.717) is 6.42 Å². The minimum atomic E-state index is -1.41. The fourth-order valence-corrected chi connectivity index (χ4v) is 3.44.